The molecule has 0 saturated heterocycles. The number of nitrogens with zero attached hydrogens (tertiary/aromatic N) is 1. The lowest BCUT2D eigenvalue weighted by molar-refractivity contribution is 0.0531. The summed E-state index contributed by atoms with van der Waals surface area (Å²) < 4.78 is 5.07. The van der Waals surface area contributed by atoms with Crippen molar-refractivity contribution >= 4 is 33.8 Å². The van der Waals surface area contributed by atoms with E-state index in [4.69, 9.17) is 4.74 Å². The molecule has 1 N–H and O–H groups in total. The molecule has 0 aromatic carbocycles. The molecule has 0 aromatic rings. The highest BCUT2D eigenvalue weighted by molar-refractivity contribution is 8.76. The molecule has 0 radical (unpaired) electrons. The number of rotatable bonds is 7. The van der Waals surface area contributed by atoms with Gasteiger partial charge in [0, 0.05) is 18.1 Å². The van der Waals surface area contributed by atoms with Gasteiger partial charge < -0.3 is 10.1 Å². The molecular weight excluding hydrogens is 260 g/mol. The smallest absolute Gasteiger partial charge is 0.407 e. The fourth-order valence-electron chi connectivity index (χ4n) is 0.755. The third-order valence-corrected chi connectivity index (χ3v) is 3.67. The average Bonchev–Trinajstić information content (AvgIpc) is 2.19. The molecular formula is C10H18N2O3S2. The molecule has 0 atom stereocenters. The second kappa shape index (κ2) is 9.39. The Labute approximate surface area is 110 Å². The van der Waals surface area contributed by atoms with Gasteiger partial charge in [0.25, 0.3) is 0 Å². The zero-order valence-electron chi connectivity index (χ0n) is 10.3. The van der Waals surface area contributed by atoms with E-state index in [0.717, 1.165) is 11.5 Å². The summed E-state index contributed by atoms with van der Waals surface area (Å²) in [6, 6.07) is 0. The molecule has 0 rings (SSSR count). The van der Waals surface area contributed by atoms with Crippen molar-refractivity contribution in [2.45, 2.75) is 26.4 Å². The number of carbonyl (C=O) groups is 1. The van der Waals surface area contributed by atoms with Gasteiger partial charge >= 0.3 is 6.09 Å². The summed E-state index contributed by atoms with van der Waals surface area (Å²) in [6.07, 6.45) is 1.09. The number of hydrogen-bond donors (Lipinski definition) is 1. The molecule has 0 spiro atoms. The minimum atomic E-state index is -0.460. The molecule has 0 bridgehead atoms. The Morgan fingerprint density at radius 1 is 1.35 bits per heavy atom. The van der Waals surface area contributed by atoms with Crippen LogP contribution < -0.4 is 5.32 Å². The third-order valence-electron chi connectivity index (χ3n) is 1.29. The maximum atomic E-state index is 11.2. The zero-order valence-corrected chi connectivity index (χ0v) is 11.9. The molecule has 7 heteroatoms. The topological polar surface area (TPSA) is 67.8 Å². The van der Waals surface area contributed by atoms with Crippen LogP contribution >= 0.6 is 21.6 Å². The van der Waals surface area contributed by atoms with Crippen LogP contribution in [0.25, 0.3) is 0 Å². The molecule has 0 aliphatic rings. The maximum absolute atomic E-state index is 11.2. The number of aliphatic imine (C=N–C) groups is 1. The van der Waals surface area contributed by atoms with E-state index >= 15 is 0 Å². The van der Waals surface area contributed by atoms with E-state index in [2.05, 4.69) is 10.3 Å². The van der Waals surface area contributed by atoms with E-state index < -0.39 is 11.7 Å². The van der Waals surface area contributed by atoms with Crippen LogP contribution in [0, 0.1) is 0 Å². The summed E-state index contributed by atoms with van der Waals surface area (Å²) in [5.41, 5.74) is -0.460. The highest BCUT2D eigenvalue weighted by Crippen LogP contribution is 2.19. The lowest BCUT2D eigenvalue weighted by atomic mass is 10.2. The Morgan fingerprint density at radius 3 is 2.59 bits per heavy atom. The molecule has 0 saturated carbocycles. The number of ether oxygens (including phenoxy) is 1. The van der Waals surface area contributed by atoms with Crippen LogP contribution in [0.4, 0.5) is 4.79 Å². The lowest BCUT2D eigenvalue weighted by Crippen LogP contribution is -2.33. The van der Waals surface area contributed by atoms with Gasteiger partial charge in [-0.05, 0) is 20.8 Å². The van der Waals surface area contributed by atoms with Gasteiger partial charge in [0.05, 0.1) is 6.54 Å². The van der Waals surface area contributed by atoms with Crippen molar-refractivity contribution in [1.82, 2.24) is 5.32 Å². The predicted octanol–water partition coefficient (Wildman–Crippen LogP) is 2.23. The SMILES string of the molecule is CC(C)(C)OC(=O)NCCSSCCN=C=O. The van der Waals surface area contributed by atoms with Crippen molar-refractivity contribution in [3.8, 4) is 0 Å². The van der Waals surface area contributed by atoms with Gasteiger partial charge in [-0.3, -0.25) is 0 Å². The number of hydrogen-bond acceptors (Lipinski definition) is 6. The minimum Gasteiger partial charge on any atom is -0.444 e. The van der Waals surface area contributed by atoms with Gasteiger partial charge in [-0.1, -0.05) is 21.6 Å². The van der Waals surface area contributed by atoms with Gasteiger partial charge in [0.2, 0.25) is 6.08 Å². The van der Waals surface area contributed by atoms with E-state index in [9.17, 15) is 9.59 Å². The van der Waals surface area contributed by atoms with Crippen LogP contribution in [0.15, 0.2) is 4.99 Å². The van der Waals surface area contributed by atoms with Gasteiger partial charge in [0.1, 0.15) is 5.60 Å². The molecule has 0 fully saturated rings. The second-order valence-electron chi connectivity index (χ2n) is 4.05. The van der Waals surface area contributed by atoms with E-state index in [1.807, 2.05) is 20.8 Å². The molecule has 0 aromatic heterocycles. The Morgan fingerprint density at radius 2 is 2.00 bits per heavy atom. The lowest BCUT2D eigenvalue weighted by Gasteiger charge is -2.19. The maximum Gasteiger partial charge on any atom is 0.407 e. The molecule has 1 amide bonds. The van der Waals surface area contributed by atoms with Crippen LogP contribution in [0.5, 0.6) is 0 Å². The molecule has 0 heterocycles. The number of amides is 1. The van der Waals surface area contributed by atoms with Crippen LogP contribution in [-0.4, -0.2) is 42.4 Å². The van der Waals surface area contributed by atoms with E-state index in [1.165, 1.54) is 6.08 Å². The van der Waals surface area contributed by atoms with Gasteiger partial charge in [-0.25, -0.2) is 14.6 Å². The van der Waals surface area contributed by atoms with Crippen molar-refractivity contribution in [2.24, 2.45) is 4.99 Å². The fraction of sp³-hybridized carbons (Fsp3) is 0.800. The molecule has 0 aliphatic heterocycles. The minimum absolute atomic E-state index is 0.395. The fourth-order valence-corrected chi connectivity index (χ4v) is 2.52. The van der Waals surface area contributed by atoms with E-state index in [-0.39, 0.29) is 0 Å². The second-order valence-corrected chi connectivity index (χ2v) is 6.75. The summed E-state index contributed by atoms with van der Waals surface area (Å²) in [4.78, 5) is 24.4. The first-order chi connectivity index (χ1) is 7.95. The standard InChI is InChI=1S/C10H18N2O3S2/c1-10(2,3)15-9(14)12-5-7-17-16-6-4-11-8-13/h4-7H2,1-3H3,(H,12,14). The molecule has 0 unspecified atom stereocenters. The van der Waals surface area contributed by atoms with Crippen LogP contribution in [0.3, 0.4) is 0 Å². The van der Waals surface area contributed by atoms with Gasteiger partial charge in [-0.15, -0.1) is 0 Å². The van der Waals surface area contributed by atoms with Crippen LogP contribution in [0.1, 0.15) is 20.8 Å². The first-order valence-electron chi connectivity index (χ1n) is 5.20. The molecule has 0 aliphatic carbocycles. The van der Waals surface area contributed by atoms with Crippen molar-refractivity contribution in [1.29, 1.82) is 0 Å². The van der Waals surface area contributed by atoms with Gasteiger partial charge in [0.15, 0.2) is 0 Å². The van der Waals surface area contributed by atoms with Crippen molar-refractivity contribution in [2.75, 3.05) is 24.6 Å². The van der Waals surface area contributed by atoms with Crippen molar-refractivity contribution in [3.63, 3.8) is 0 Å². The number of carbonyl (C=O) groups excluding carboxylic acids is 2. The molecule has 5 nitrogen and oxygen atoms in total. The predicted molar refractivity (Wildman–Crippen MR) is 72.1 cm³/mol. The Balaban J connectivity index is 3.34. The number of isocyanates is 1. The monoisotopic (exact) mass is 278 g/mol. The summed E-state index contributed by atoms with van der Waals surface area (Å²) in [5.74, 6) is 1.56. The van der Waals surface area contributed by atoms with Crippen molar-refractivity contribution < 1.29 is 14.3 Å². The van der Waals surface area contributed by atoms with Crippen molar-refractivity contribution in [3.05, 3.63) is 0 Å². The van der Waals surface area contributed by atoms with Gasteiger partial charge in [-0.2, -0.15) is 0 Å². The first-order valence-corrected chi connectivity index (χ1v) is 7.69. The van der Waals surface area contributed by atoms with Crippen LogP contribution in [0.2, 0.25) is 0 Å². The highest BCUT2D eigenvalue weighted by atomic mass is 33.1. The number of alkyl carbamates (subject to hydrolysis) is 1. The quantitative estimate of drug-likeness (QED) is 0.335. The summed E-state index contributed by atoms with van der Waals surface area (Å²) in [7, 11) is 3.23. The average molecular weight is 278 g/mol. The highest BCUT2D eigenvalue weighted by Gasteiger charge is 2.15. The number of nitrogens with one attached hydrogen (secondary N) is 1. The van der Waals surface area contributed by atoms with E-state index in [0.29, 0.717) is 13.1 Å². The Hall–Kier alpha value is -0.650. The molecule has 17 heavy (non-hydrogen) atoms. The Kier molecular flexibility index (Phi) is 9.03. The normalized spacial score (nSPS) is 10.5. The van der Waals surface area contributed by atoms with Crippen LogP contribution in [-0.2, 0) is 9.53 Å². The summed E-state index contributed by atoms with van der Waals surface area (Å²) in [6.45, 7) is 6.52. The Bertz CT molecular complexity index is 273. The zero-order chi connectivity index (χ0) is 13.1. The molecule has 98 valence electrons. The summed E-state index contributed by atoms with van der Waals surface area (Å²) in [5, 5.41) is 2.66. The first kappa shape index (κ1) is 16.4. The largest absolute Gasteiger partial charge is 0.444 e. The van der Waals surface area contributed by atoms with E-state index in [1.54, 1.807) is 21.6 Å². The summed E-state index contributed by atoms with van der Waals surface area (Å²) >= 11 is 0. The third kappa shape index (κ3) is 13.3.